The highest BCUT2D eigenvalue weighted by molar-refractivity contribution is 5.73. The molecule has 2 aliphatic heterocycles. The third-order valence-corrected chi connectivity index (χ3v) is 3.63. The van der Waals surface area contributed by atoms with Crippen molar-refractivity contribution in [3.05, 3.63) is 0 Å². The van der Waals surface area contributed by atoms with Crippen molar-refractivity contribution in [3.8, 4) is 0 Å². The monoisotopic (exact) mass is 196 g/mol. The normalized spacial score (nSPS) is 35.7. The highest BCUT2D eigenvalue weighted by Crippen LogP contribution is 2.29. The summed E-state index contributed by atoms with van der Waals surface area (Å²) in [6.07, 6.45) is 4.92. The molecule has 2 saturated heterocycles. The molecule has 0 aromatic rings. The average molecular weight is 196 g/mol. The topological polar surface area (TPSA) is 32.3 Å². The van der Waals surface area contributed by atoms with Gasteiger partial charge in [-0.05, 0) is 32.6 Å². The molecule has 3 nitrogen and oxygen atoms in total. The third kappa shape index (κ3) is 1.78. The van der Waals surface area contributed by atoms with Gasteiger partial charge in [0.25, 0.3) is 0 Å². The molecule has 2 atom stereocenters. The molecule has 0 saturated carbocycles. The van der Waals surface area contributed by atoms with Crippen LogP contribution in [0.2, 0.25) is 0 Å². The lowest BCUT2D eigenvalue weighted by atomic mass is 9.98. The molecule has 80 valence electrons. The van der Waals surface area contributed by atoms with Gasteiger partial charge in [-0.2, -0.15) is 0 Å². The minimum atomic E-state index is 0.235. The minimum Gasteiger partial charge on any atom is -0.340 e. The fourth-order valence-corrected chi connectivity index (χ4v) is 3.02. The van der Waals surface area contributed by atoms with E-state index in [-0.39, 0.29) is 5.91 Å². The van der Waals surface area contributed by atoms with Gasteiger partial charge in [-0.3, -0.25) is 4.79 Å². The molecule has 3 heteroatoms. The number of fused-ring (bicyclic) bond motifs is 2. The van der Waals surface area contributed by atoms with Crippen molar-refractivity contribution in [3.63, 3.8) is 0 Å². The molecule has 2 heterocycles. The van der Waals surface area contributed by atoms with Gasteiger partial charge in [0.1, 0.15) is 0 Å². The van der Waals surface area contributed by atoms with E-state index in [4.69, 9.17) is 0 Å². The molecule has 2 rings (SSSR count). The standard InChI is InChI=1S/C11H20N2O/c1-3-13(8(2)14)11-6-9-4-5-10(7-11)12-9/h9-12H,3-7H2,1-2H3. The quantitative estimate of drug-likeness (QED) is 0.718. The number of nitrogens with zero attached hydrogens (tertiary/aromatic N) is 1. The van der Waals surface area contributed by atoms with Crippen LogP contribution in [0.25, 0.3) is 0 Å². The summed E-state index contributed by atoms with van der Waals surface area (Å²) in [7, 11) is 0. The molecule has 2 unspecified atom stereocenters. The molecule has 1 N–H and O–H groups in total. The predicted molar refractivity (Wildman–Crippen MR) is 56.0 cm³/mol. The van der Waals surface area contributed by atoms with Crippen LogP contribution in [0.1, 0.15) is 39.5 Å². The van der Waals surface area contributed by atoms with Crippen molar-refractivity contribution in [1.29, 1.82) is 0 Å². The molecular weight excluding hydrogens is 176 g/mol. The zero-order valence-corrected chi connectivity index (χ0v) is 9.12. The van der Waals surface area contributed by atoms with E-state index < -0.39 is 0 Å². The maximum absolute atomic E-state index is 11.4. The van der Waals surface area contributed by atoms with Gasteiger partial charge in [-0.15, -0.1) is 0 Å². The number of nitrogens with one attached hydrogen (secondary N) is 1. The number of amides is 1. The van der Waals surface area contributed by atoms with Crippen LogP contribution in [0, 0.1) is 0 Å². The molecule has 14 heavy (non-hydrogen) atoms. The van der Waals surface area contributed by atoms with Crippen LogP contribution in [0.3, 0.4) is 0 Å². The summed E-state index contributed by atoms with van der Waals surface area (Å²) < 4.78 is 0. The number of hydrogen-bond acceptors (Lipinski definition) is 2. The molecule has 1 amide bonds. The second-order valence-corrected chi connectivity index (χ2v) is 4.57. The fraction of sp³-hybridized carbons (Fsp3) is 0.909. The minimum absolute atomic E-state index is 0.235. The zero-order chi connectivity index (χ0) is 10.1. The lowest BCUT2D eigenvalue weighted by Crippen LogP contribution is -2.49. The van der Waals surface area contributed by atoms with Crippen LogP contribution < -0.4 is 5.32 Å². The summed E-state index contributed by atoms with van der Waals surface area (Å²) in [5.41, 5.74) is 0. The number of piperidine rings is 1. The Morgan fingerprint density at radius 2 is 1.93 bits per heavy atom. The summed E-state index contributed by atoms with van der Waals surface area (Å²) in [4.78, 5) is 13.4. The van der Waals surface area contributed by atoms with E-state index >= 15 is 0 Å². The first-order valence-corrected chi connectivity index (χ1v) is 5.74. The van der Waals surface area contributed by atoms with Crippen molar-refractivity contribution >= 4 is 5.91 Å². The molecule has 0 spiro atoms. The summed E-state index contributed by atoms with van der Waals surface area (Å²) in [6.45, 7) is 4.62. The van der Waals surface area contributed by atoms with Gasteiger partial charge in [-0.1, -0.05) is 0 Å². The Kier molecular flexibility index (Phi) is 2.77. The van der Waals surface area contributed by atoms with Gasteiger partial charge in [0.15, 0.2) is 0 Å². The summed E-state index contributed by atoms with van der Waals surface area (Å²) in [5.74, 6) is 0.235. The largest absolute Gasteiger partial charge is 0.340 e. The van der Waals surface area contributed by atoms with Gasteiger partial charge in [-0.25, -0.2) is 0 Å². The van der Waals surface area contributed by atoms with E-state index in [1.54, 1.807) is 6.92 Å². The SMILES string of the molecule is CCN(C(C)=O)C1CC2CCC(C1)N2. The third-order valence-electron chi connectivity index (χ3n) is 3.63. The maximum atomic E-state index is 11.4. The number of carbonyl (C=O) groups is 1. The van der Waals surface area contributed by atoms with Crippen LogP contribution in [0.15, 0.2) is 0 Å². The Morgan fingerprint density at radius 3 is 2.36 bits per heavy atom. The Balaban J connectivity index is 2.00. The number of carbonyl (C=O) groups excluding carboxylic acids is 1. The van der Waals surface area contributed by atoms with E-state index in [1.165, 1.54) is 12.8 Å². The zero-order valence-electron chi connectivity index (χ0n) is 9.12. The van der Waals surface area contributed by atoms with Gasteiger partial charge in [0.05, 0.1) is 0 Å². The van der Waals surface area contributed by atoms with Gasteiger partial charge in [0.2, 0.25) is 5.91 Å². The van der Waals surface area contributed by atoms with E-state index in [0.29, 0.717) is 18.1 Å². The molecule has 0 aromatic carbocycles. The first-order chi connectivity index (χ1) is 6.70. The molecule has 0 aromatic heterocycles. The highest BCUT2D eigenvalue weighted by atomic mass is 16.2. The molecule has 2 bridgehead atoms. The Hall–Kier alpha value is -0.570. The van der Waals surface area contributed by atoms with Crippen LogP contribution in [0.5, 0.6) is 0 Å². The average Bonchev–Trinajstić information content (AvgIpc) is 2.46. The van der Waals surface area contributed by atoms with E-state index in [9.17, 15) is 4.79 Å². The number of rotatable bonds is 2. The summed E-state index contributed by atoms with van der Waals surface area (Å²) >= 11 is 0. The van der Waals surface area contributed by atoms with Crippen molar-refractivity contribution in [2.45, 2.75) is 57.7 Å². The molecule has 0 radical (unpaired) electrons. The second kappa shape index (κ2) is 3.89. The second-order valence-electron chi connectivity index (χ2n) is 4.57. The lowest BCUT2D eigenvalue weighted by Gasteiger charge is -2.36. The number of hydrogen-bond donors (Lipinski definition) is 1. The van der Waals surface area contributed by atoms with Gasteiger partial charge >= 0.3 is 0 Å². The molecule has 0 aliphatic carbocycles. The maximum Gasteiger partial charge on any atom is 0.219 e. The molecule has 2 fully saturated rings. The fourth-order valence-electron chi connectivity index (χ4n) is 3.02. The Labute approximate surface area is 85.8 Å². The van der Waals surface area contributed by atoms with Crippen molar-refractivity contribution < 1.29 is 4.79 Å². The first kappa shape index (κ1) is 9.97. The van der Waals surface area contributed by atoms with Crippen LogP contribution in [-0.2, 0) is 4.79 Å². The van der Waals surface area contributed by atoms with E-state index in [0.717, 1.165) is 19.4 Å². The van der Waals surface area contributed by atoms with E-state index in [2.05, 4.69) is 12.2 Å². The molecule has 2 aliphatic rings. The predicted octanol–water partition coefficient (Wildman–Crippen LogP) is 1.14. The smallest absolute Gasteiger partial charge is 0.219 e. The van der Waals surface area contributed by atoms with Crippen LogP contribution in [0.4, 0.5) is 0 Å². The van der Waals surface area contributed by atoms with Crippen LogP contribution >= 0.6 is 0 Å². The van der Waals surface area contributed by atoms with Crippen LogP contribution in [-0.4, -0.2) is 35.5 Å². The van der Waals surface area contributed by atoms with Crippen molar-refractivity contribution in [2.24, 2.45) is 0 Å². The van der Waals surface area contributed by atoms with Gasteiger partial charge < -0.3 is 10.2 Å². The lowest BCUT2D eigenvalue weighted by molar-refractivity contribution is -0.131. The van der Waals surface area contributed by atoms with Crippen molar-refractivity contribution in [1.82, 2.24) is 10.2 Å². The molecular formula is C11H20N2O. The summed E-state index contributed by atoms with van der Waals surface area (Å²) in [5, 5.41) is 3.60. The van der Waals surface area contributed by atoms with Crippen molar-refractivity contribution in [2.75, 3.05) is 6.54 Å². The highest BCUT2D eigenvalue weighted by Gasteiger charge is 2.36. The Bertz CT molecular complexity index is 217. The van der Waals surface area contributed by atoms with Gasteiger partial charge in [0, 0.05) is 31.6 Å². The Morgan fingerprint density at radius 1 is 1.36 bits per heavy atom. The first-order valence-electron chi connectivity index (χ1n) is 5.74. The van der Waals surface area contributed by atoms with E-state index in [1.807, 2.05) is 4.90 Å². The summed E-state index contributed by atoms with van der Waals surface area (Å²) in [6, 6.07) is 1.84.